The number of fused-ring (bicyclic) bond motifs is 1. The maximum atomic E-state index is 13.2. The average Bonchev–Trinajstić information content (AvgIpc) is 3.68. The fourth-order valence-corrected chi connectivity index (χ4v) is 4.91. The van der Waals surface area contributed by atoms with E-state index in [0.717, 1.165) is 47.0 Å². The van der Waals surface area contributed by atoms with Gasteiger partial charge in [0.2, 0.25) is 5.69 Å². The summed E-state index contributed by atoms with van der Waals surface area (Å²) in [5, 5.41) is 29.6. The van der Waals surface area contributed by atoms with Gasteiger partial charge in [-0.2, -0.15) is 5.10 Å². The van der Waals surface area contributed by atoms with Gasteiger partial charge in [0.1, 0.15) is 5.75 Å². The number of ether oxygens (including phenoxy) is 1. The standard InChI is InChI=1S/C27H32N4O4/c1-27(2,33)19-11-20(12-19)30-14-18-10-22(25(13-21(18)29-30)35-15-16-6-7-16)28-26(32)24-5-3-4-23(31(24)34)17-8-9-17/h3-5,10,13-14,16-17,19-20,33H,6-9,11-12,15H2,1-2H3,(H-,28,32,34)/p+1. The zero-order valence-corrected chi connectivity index (χ0v) is 20.3. The smallest absolute Gasteiger partial charge is 0.325 e. The summed E-state index contributed by atoms with van der Waals surface area (Å²) in [5.74, 6) is 1.35. The summed E-state index contributed by atoms with van der Waals surface area (Å²) in [6.45, 7) is 4.34. The lowest BCUT2D eigenvalue weighted by atomic mass is 9.71. The lowest BCUT2D eigenvalue weighted by Crippen LogP contribution is -2.43. The van der Waals surface area contributed by atoms with E-state index in [4.69, 9.17) is 9.84 Å². The minimum atomic E-state index is -0.676. The second-order valence-corrected chi connectivity index (χ2v) is 11.1. The van der Waals surface area contributed by atoms with Crippen LogP contribution in [0, 0.1) is 11.8 Å². The third kappa shape index (κ3) is 4.47. The van der Waals surface area contributed by atoms with Gasteiger partial charge in [-0.3, -0.25) is 14.7 Å². The molecule has 0 bridgehead atoms. The number of carbonyl (C=O) groups is 1. The predicted molar refractivity (Wildman–Crippen MR) is 130 cm³/mol. The van der Waals surface area contributed by atoms with Crippen molar-refractivity contribution in [3.63, 3.8) is 0 Å². The second kappa shape index (κ2) is 8.22. The van der Waals surface area contributed by atoms with Gasteiger partial charge in [-0.05, 0) is 76.3 Å². The summed E-state index contributed by atoms with van der Waals surface area (Å²) in [4.78, 5) is 13.2. The Morgan fingerprint density at radius 2 is 2.00 bits per heavy atom. The largest absolute Gasteiger partial charge is 0.491 e. The minimum Gasteiger partial charge on any atom is -0.491 e. The van der Waals surface area contributed by atoms with E-state index in [0.29, 0.717) is 29.9 Å². The quantitative estimate of drug-likeness (QED) is 0.333. The molecule has 1 aromatic carbocycles. The Morgan fingerprint density at radius 3 is 2.69 bits per heavy atom. The average molecular weight is 478 g/mol. The van der Waals surface area contributed by atoms with E-state index in [9.17, 15) is 15.1 Å². The summed E-state index contributed by atoms with van der Waals surface area (Å²) >= 11 is 0. The van der Waals surface area contributed by atoms with Crippen molar-refractivity contribution >= 4 is 22.5 Å². The van der Waals surface area contributed by atoms with Gasteiger partial charge in [-0.1, -0.05) is 0 Å². The van der Waals surface area contributed by atoms with Crippen LogP contribution in [0.5, 0.6) is 5.75 Å². The molecule has 0 unspecified atom stereocenters. The Hall–Kier alpha value is -3.13. The Morgan fingerprint density at radius 1 is 1.23 bits per heavy atom. The maximum absolute atomic E-state index is 13.2. The summed E-state index contributed by atoms with van der Waals surface area (Å²) in [7, 11) is 0. The van der Waals surface area contributed by atoms with Crippen molar-refractivity contribution < 1.29 is 24.6 Å². The van der Waals surface area contributed by atoms with E-state index < -0.39 is 5.60 Å². The van der Waals surface area contributed by atoms with Gasteiger partial charge in [0.15, 0.2) is 0 Å². The molecular weight excluding hydrogens is 444 g/mol. The van der Waals surface area contributed by atoms with Crippen molar-refractivity contribution in [2.75, 3.05) is 11.9 Å². The predicted octanol–water partition coefficient (Wildman–Crippen LogP) is 4.20. The fourth-order valence-electron chi connectivity index (χ4n) is 4.91. The number of anilines is 1. The van der Waals surface area contributed by atoms with Crippen LogP contribution in [0.2, 0.25) is 0 Å². The van der Waals surface area contributed by atoms with Crippen molar-refractivity contribution in [1.82, 2.24) is 9.78 Å². The third-order valence-corrected chi connectivity index (χ3v) is 7.75. The van der Waals surface area contributed by atoms with Crippen molar-refractivity contribution in [1.29, 1.82) is 0 Å². The molecule has 0 saturated heterocycles. The summed E-state index contributed by atoms with van der Waals surface area (Å²) in [6, 6.07) is 9.35. The number of carbonyl (C=O) groups excluding carboxylic acids is 1. The molecule has 0 spiro atoms. The minimum absolute atomic E-state index is 0.200. The molecule has 2 heterocycles. The van der Waals surface area contributed by atoms with Crippen LogP contribution in [0.25, 0.3) is 10.9 Å². The number of hydrogen-bond donors (Lipinski definition) is 3. The summed E-state index contributed by atoms with van der Waals surface area (Å²) < 4.78 is 9.11. The molecule has 0 radical (unpaired) electrons. The molecule has 3 fully saturated rings. The summed E-state index contributed by atoms with van der Waals surface area (Å²) in [5.41, 5.74) is 1.68. The normalized spacial score (nSPS) is 22.1. The third-order valence-electron chi connectivity index (χ3n) is 7.75. The Bertz CT molecular complexity index is 1280. The van der Waals surface area contributed by atoms with Crippen LogP contribution in [0.1, 0.15) is 80.5 Å². The SMILES string of the molecule is CC(C)(O)C1CC(n2cc3cc(NC(=O)c4cccc(C5CC5)[n+]4O)c(OCC4CC4)cc3n2)C1. The van der Waals surface area contributed by atoms with Gasteiger partial charge >= 0.3 is 11.6 Å². The number of benzene rings is 1. The number of pyridine rings is 1. The first-order valence-electron chi connectivity index (χ1n) is 12.7. The van der Waals surface area contributed by atoms with Gasteiger partial charge in [0, 0.05) is 40.4 Å². The molecule has 6 rings (SSSR count). The molecule has 0 atom stereocenters. The van der Waals surface area contributed by atoms with Gasteiger partial charge < -0.3 is 15.2 Å². The molecule has 3 aliphatic carbocycles. The molecule has 35 heavy (non-hydrogen) atoms. The van der Waals surface area contributed by atoms with Crippen molar-refractivity contribution in [2.45, 2.75) is 69.9 Å². The zero-order chi connectivity index (χ0) is 24.3. The molecule has 3 aliphatic rings. The Labute approximate surface area is 204 Å². The van der Waals surface area contributed by atoms with Crippen LogP contribution in [-0.4, -0.2) is 38.2 Å². The van der Waals surface area contributed by atoms with Gasteiger partial charge in [-0.15, -0.1) is 0 Å². The highest BCUT2D eigenvalue weighted by atomic mass is 16.5. The molecule has 1 amide bonds. The number of aliphatic hydroxyl groups is 1. The van der Waals surface area contributed by atoms with E-state index in [-0.39, 0.29) is 23.6 Å². The molecule has 3 N–H and O–H groups in total. The lowest BCUT2D eigenvalue weighted by Gasteiger charge is -2.42. The van der Waals surface area contributed by atoms with Crippen LogP contribution in [0.15, 0.2) is 36.5 Å². The number of nitrogens with zero attached hydrogens (tertiary/aromatic N) is 3. The number of nitrogens with one attached hydrogen (secondary N) is 1. The van der Waals surface area contributed by atoms with Crippen LogP contribution >= 0.6 is 0 Å². The number of hydrogen-bond acceptors (Lipinski definition) is 5. The topological polar surface area (TPSA) is 100 Å². The first kappa shape index (κ1) is 22.3. The number of rotatable bonds is 8. The highest BCUT2D eigenvalue weighted by Gasteiger charge is 2.40. The van der Waals surface area contributed by atoms with E-state index in [1.807, 2.05) is 49.0 Å². The van der Waals surface area contributed by atoms with Crippen molar-refractivity contribution in [3.05, 3.63) is 47.9 Å². The van der Waals surface area contributed by atoms with E-state index in [2.05, 4.69) is 5.32 Å². The molecule has 3 aromatic rings. The highest BCUT2D eigenvalue weighted by molar-refractivity contribution is 6.04. The van der Waals surface area contributed by atoms with Gasteiger partial charge in [-0.25, -0.2) is 0 Å². The van der Waals surface area contributed by atoms with Gasteiger partial charge in [0.25, 0.3) is 0 Å². The molecule has 3 saturated carbocycles. The number of aromatic nitrogens is 3. The van der Waals surface area contributed by atoms with Crippen molar-refractivity contribution in [3.8, 4) is 5.75 Å². The molecular formula is C27H33N4O4+. The summed E-state index contributed by atoms with van der Waals surface area (Å²) in [6.07, 6.45) is 8.18. The molecule has 2 aromatic heterocycles. The zero-order valence-electron chi connectivity index (χ0n) is 20.3. The van der Waals surface area contributed by atoms with E-state index >= 15 is 0 Å². The van der Waals surface area contributed by atoms with Crippen LogP contribution in [0.3, 0.4) is 0 Å². The second-order valence-electron chi connectivity index (χ2n) is 11.1. The van der Waals surface area contributed by atoms with Crippen LogP contribution in [0.4, 0.5) is 5.69 Å². The fraction of sp³-hybridized carbons (Fsp3) is 0.519. The first-order chi connectivity index (χ1) is 16.8. The van der Waals surface area contributed by atoms with Crippen molar-refractivity contribution in [2.24, 2.45) is 11.8 Å². The molecule has 184 valence electrons. The monoisotopic (exact) mass is 477 g/mol. The lowest BCUT2D eigenvalue weighted by molar-refractivity contribution is -0.910. The van der Waals surface area contributed by atoms with Gasteiger partial charge in [0.05, 0.1) is 29.5 Å². The van der Waals surface area contributed by atoms with E-state index in [1.54, 1.807) is 6.07 Å². The van der Waals surface area contributed by atoms with Crippen LogP contribution in [-0.2, 0) is 0 Å². The van der Waals surface area contributed by atoms with E-state index in [1.165, 1.54) is 12.8 Å². The number of amides is 1. The molecule has 0 aliphatic heterocycles. The Kier molecular flexibility index (Phi) is 5.25. The Balaban J connectivity index is 1.27. The highest BCUT2D eigenvalue weighted by Crippen LogP contribution is 2.44. The molecule has 8 heteroatoms. The molecule has 8 nitrogen and oxygen atoms in total. The first-order valence-corrected chi connectivity index (χ1v) is 12.7. The van der Waals surface area contributed by atoms with Crippen LogP contribution < -0.4 is 14.8 Å². The maximum Gasteiger partial charge on any atom is 0.325 e.